The maximum Gasteiger partial charge on any atom is 0.488 e. The molecule has 1 saturated carbocycles. The third kappa shape index (κ3) is 4.59. The highest BCUT2D eigenvalue weighted by Gasteiger charge is 2.29. The molecule has 0 bridgehead atoms. The van der Waals surface area contributed by atoms with Crippen LogP contribution >= 0.6 is 0 Å². The topological polar surface area (TPSA) is 103 Å². The molecule has 8 nitrogen and oxygen atoms in total. The molecule has 3 aromatic heterocycles. The van der Waals surface area contributed by atoms with Crippen molar-refractivity contribution in [2.45, 2.75) is 38.6 Å². The smallest absolute Gasteiger partial charge is 0.488 e. The van der Waals surface area contributed by atoms with E-state index in [1.165, 1.54) is 12.3 Å². The third-order valence-electron chi connectivity index (χ3n) is 6.90. The Morgan fingerprint density at radius 2 is 2.00 bits per heavy atom. The molecule has 5 aromatic rings. The monoisotopic (exact) mass is 545 g/mol. The van der Waals surface area contributed by atoms with Crippen LogP contribution in [0.25, 0.3) is 44.0 Å². The first-order chi connectivity index (χ1) is 18.8. The maximum absolute atomic E-state index is 14.0. The Kier molecular flexibility index (Phi) is 6.03. The van der Waals surface area contributed by atoms with Crippen LogP contribution in [0.15, 0.2) is 53.6 Å². The fraction of sp³-hybridized carbons (Fsp3) is 0.241. The molecule has 0 atom stereocenters. The highest BCUT2D eigenvalue weighted by atomic mass is 32.3. The lowest BCUT2D eigenvalue weighted by molar-refractivity contribution is 0.311. The van der Waals surface area contributed by atoms with Gasteiger partial charge in [0.05, 0.1) is 29.1 Å². The van der Waals surface area contributed by atoms with E-state index < -0.39 is 10.5 Å². The molecule has 1 aliphatic carbocycles. The normalized spacial score (nSPS) is 13.7. The summed E-state index contributed by atoms with van der Waals surface area (Å²) >= 11 is 0. The minimum absolute atomic E-state index is 0.137. The van der Waals surface area contributed by atoms with Crippen LogP contribution in [0.1, 0.15) is 44.2 Å². The van der Waals surface area contributed by atoms with Crippen LogP contribution in [0, 0.1) is 12.3 Å². The number of fused-ring (bicyclic) bond motifs is 4. The summed E-state index contributed by atoms with van der Waals surface area (Å²) in [5.74, 6) is 2.80. The third-order valence-corrected chi connectivity index (χ3v) is 7.29. The van der Waals surface area contributed by atoms with Crippen molar-refractivity contribution in [1.29, 1.82) is 0 Å². The molecule has 198 valence electrons. The molecule has 10 heteroatoms. The highest BCUT2D eigenvalue weighted by molar-refractivity contribution is 7.81. The van der Waals surface area contributed by atoms with E-state index >= 15 is 0 Å². The summed E-state index contributed by atoms with van der Waals surface area (Å²) in [4.78, 5) is 21.4. The Labute approximate surface area is 223 Å². The number of ether oxygens (including phenoxy) is 1. The molecule has 1 N–H and O–H groups in total. The number of pyridine rings is 2. The molecular formula is C29H24FN3O5S. The number of nitrogens with one attached hydrogen (secondary N) is 1. The van der Waals surface area contributed by atoms with Crippen molar-refractivity contribution in [3.8, 4) is 35.0 Å². The number of terminal acetylenes is 1. The molecular weight excluding hydrogens is 521 g/mol. The number of hydrogen-bond donors (Lipinski definition) is 1. The summed E-state index contributed by atoms with van der Waals surface area (Å²) in [6.45, 7) is 2.46. The average molecular weight is 546 g/mol. The summed E-state index contributed by atoms with van der Waals surface area (Å²) in [6, 6.07) is 10.7. The van der Waals surface area contributed by atoms with Gasteiger partial charge in [-0.3, -0.25) is 9.78 Å². The lowest BCUT2D eigenvalue weighted by atomic mass is 10.0. The predicted octanol–water partition coefficient (Wildman–Crippen LogP) is 5.79. The SMILES string of the molecule is C#Cc1ccc2c(c1)[nH]c1c2c(=O)c2cc(OCCCC)c(-c3cncc(OS(=O)(=O)F)c3)cc2n1C1CC1. The van der Waals surface area contributed by atoms with Gasteiger partial charge in [-0.25, -0.2) is 0 Å². The van der Waals surface area contributed by atoms with Gasteiger partial charge < -0.3 is 18.5 Å². The summed E-state index contributed by atoms with van der Waals surface area (Å²) < 4.78 is 48.1. The Balaban J connectivity index is 1.65. The van der Waals surface area contributed by atoms with Crippen LogP contribution in [0.4, 0.5) is 3.89 Å². The van der Waals surface area contributed by atoms with Gasteiger partial charge in [0.1, 0.15) is 11.4 Å². The highest BCUT2D eigenvalue weighted by Crippen LogP contribution is 2.43. The van der Waals surface area contributed by atoms with Crippen molar-refractivity contribution in [2.75, 3.05) is 6.61 Å². The zero-order valence-corrected chi connectivity index (χ0v) is 21.8. The van der Waals surface area contributed by atoms with Gasteiger partial charge in [-0.05, 0) is 49.6 Å². The van der Waals surface area contributed by atoms with E-state index in [4.69, 9.17) is 11.2 Å². The Bertz CT molecular complexity index is 1980. The maximum atomic E-state index is 14.0. The van der Waals surface area contributed by atoms with Gasteiger partial charge in [-0.1, -0.05) is 29.2 Å². The standard InChI is InChI=1S/C29H24FN3O5S/c1-3-5-10-37-26-14-23-25(13-22(26)18-12-20(16-31-15-18)38-39(30,35)36)33(19-7-8-19)29-27(28(23)34)21-9-6-17(4-2)11-24(21)32-29/h2,6,9,11-16,19,32H,3,5,7-8,10H2,1H3. The van der Waals surface area contributed by atoms with E-state index in [0.717, 1.165) is 42.8 Å². The first kappa shape index (κ1) is 24.9. The molecule has 0 radical (unpaired) electrons. The number of benzene rings is 2. The van der Waals surface area contributed by atoms with Gasteiger partial charge in [0.25, 0.3) is 0 Å². The second-order valence-corrected chi connectivity index (χ2v) is 10.6. The summed E-state index contributed by atoms with van der Waals surface area (Å²) in [7, 11) is -5.23. The Morgan fingerprint density at radius 1 is 1.18 bits per heavy atom. The van der Waals surface area contributed by atoms with Crippen LogP contribution in [-0.4, -0.2) is 29.6 Å². The number of H-pyrrole nitrogens is 1. The first-order valence-electron chi connectivity index (χ1n) is 12.6. The van der Waals surface area contributed by atoms with Crippen molar-refractivity contribution in [3.05, 3.63) is 64.6 Å². The summed E-state index contributed by atoms with van der Waals surface area (Å²) in [6.07, 6.45) is 11.8. The number of aromatic amines is 1. The number of nitrogens with zero attached hydrogens (tertiary/aromatic N) is 2. The largest absolute Gasteiger partial charge is 0.493 e. The van der Waals surface area contributed by atoms with E-state index in [-0.39, 0.29) is 17.2 Å². The van der Waals surface area contributed by atoms with Gasteiger partial charge >= 0.3 is 10.5 Å². The van der Waals surface area contributed by atoms with Crippen LogP contribution < -0.4 is 14.3 Å². The Hall–Kier alpha value is -4.36. The van der Waals surface area contributed by atoms with Gasteiger partial charge in [0.15, 0.2) is 11.2 Å². The fourth-order valence-corrected chi connectivity index (χ4v) is 5.32. The van der Waals surface area contributed by atoms with E-state index in [1.54, 1.807) is 6.07 Å². The van der Waals surface area contributed by atoms with Gasteiger partial charge in [-0.15, -0.1) is 6.42 Å². The quantitative estimate of drug-likeness (QED) is 0.151. The summed E-state index contributed by atoms with van der Waals surface area (Å²) in [5.41, 5.74) is 3.79. The van der Waals surface area contributed by atoms with E-state index in [1.807, 2.05) is 31.2 Å². The van der Waals surface area contributed by atoms with Gasteiger partial charge in [0, 0.05) is 39.8 Å². The molecule has 6 rings (SSSR count). The van der Waals surface area contributed by atoms with Crippen LogP contribution in [-0.2, 0) is 10.5 Å². The van der Waals surface area contributed by atoms with Crippen molar-refractivity contribution in [3.63, 3.8) is 0 Å². The second-order valence-electron chi connectivity index (χ2n) is 9.64. The molecule has 0 aliphatic heterocycles. The molecule has 0 amide bonds. The number of hydrogen-bond acceptors (Lipinski definition) is 6. The van der Waals surface area contributed by atoms with Crippen molar-refractivity contribution >= 4 is 43.3 Å². The van der Waals surface area contributed by atoms with Gasteiger partial charge in [-0.2, -0.15) is 8.42 Å². The van der Waals surface area contributed by atoms with Crippen LogP contribution in [0.2, 0.25) is 0 Å². The second kappa shape index (κ2) is 9.43. The minimum atomic E-state index is -5.23. The first-order valence-corrected chi connectivity index (χ1v) is 13.9. The fourth-order valence-electron chi connectivity index (χ4n) is 5.00. The van der Waals surface area contributed by atoms with Crippen molar-refractivity contribution in [2.24, 2.45) is 0 Å². The van der Waals surface area contributed by atoms with E-state index in [2.05, 4.69) is 24.6 Å². The number of aromatic nitrogens is 3. The summed E-state index contributed by atoms with van der Waals surface area (Å²) in [5, 5.41) is 1.88. The van der Waals surface area contributed by atoms with Gasteiger partial charge in [0.2, 0.25) is 0 Å². The average Bonchev–Trinajstić information content (AvgIpc) is 3.67. The van der Waals surface area contributed by atoms with E-state index in [0.29, 0.717) is 51.0 Å². The molecule has 39 heavy (non-hydrogen) atoms. The zero-order chi connectivity index (χ0) is 27.3. The van der Waals surface area contributed by atoms with Crippen LogP contribution in [0.5, 0.6) is 11.5 Å². The van der Waals surface area contributed by atoms with E-state index in [9.17, 15) is 17.1 Å². The molecule has 0 spiro atoms. The van der Waals surface area contributed by atoms with Crippen molar-refractivity contribution < 1.29 is 21.2 Å². The molecule has 0 saturated heterocycles. The molecule has 1 fully saturated rings. The molecule has 0 unspecified atom stereocenters. The lowest BCUT2D eigenvalue weighted by Crippen LogP contribution is -2.11. The lowest BCUT2D eigenvalue weighted by Gasteiger charge is -2.17. The minimum Gasteiger partial charge on any atom is -0.493 e. The van der Waals surface area contributed by atoms with Crippen LogP contribution in [0.3, 0.4) is 0 Å². The predicted molar refractivity (Wildman–Crippen MR) is 148 cm³/mol. The Morgan fingerprint density at radius 3 is 2.72 bits per heavy atom. The number of rotatable bonds is 8. The number of unbranched alkanes of at least 4 members (excludes halogenated alkanes) is 1. The number of halogens is 1. The van der Waals surface area contributed by atoms with Crippen molar-refractivity contribution in [1.82, 2.24) is 14.5 Å². The molecule has 3 heterocycles. The molecule has 1 aliphatic rings. The molecule has 2 aromatic carbocycles. The zero-order valence-electron chi connectivity index (χ0n) is 21.0.